The van der Waals surface area contributed by atoms with Gasteiger partial charge in [0.15, 0.2) is 0 Å². The van der Waals surface area contributed by atoms with E-state index < -0.39 is 10.0 Å². The molecule has 2 aromatic heterocycles. The van der Waals surface area contributed by atoms with E-state index in [9.17, 15) is 8.42 Å². The lowest BCUT2D eigenvalue weighted by atomic mass is 9.80. The normalized spacial score (nSPS) is 26.2. The van der Waals surface area contributed by atoms with Gasteiger partial charge in [-0.25, -0.2) is 12.7 Å². The minimum absolute atomic E-state index is 0.0707. The van der Waals surface area contributed by atoms with Gasteiger partial charge >= 0.3 is 0 Å². The van der Waals surface area contributed by atoms with E-state index >= 15 is 0 Å². The Morgan fingerprint density at radius 3 is 2.79 bits per heavy atom. The van der Waals surface area contributed by atoms with Crippen molar-refractivity contribution in [3.8, 4) is 11.5 Å². The van der Waals surface area contributed by atoms with Crippen LogP contribution in [-0.2, 0) is 16.6 Å². The molecule has 0 radical (unpaired) electrons. The Morgan fingerprint density at radius 1 is 1.29 bits per heavy atom. The van der Waals surface area contributed by atoms with Gasteiger partial charge in [-0.1, -0.05) is 0 Å². The summed E-state index contributed by atoms with van der Waals surface area (Å²) in [4.78, 5) is 8.53. The molecule has 10 heteroatoms. The van der Waals surface area contributed by atoms with Gasteiger partial charge in [-0.05, 0) is 32.1 Å². The Balaban J connectivity index is 1.48. The van der Waals surface area contributed by atoms with Crippen molar-refractivity contribution in [1.82, 2.24) is 29.3 Å². The molecule has 152 valence electrons. The van der Waals surface area contributed by atoms with E-state index in [0.717, 1.165) is 25.2 Å². The molecule has 2 aromatic rings. The van der Waals surface area contributed by atoms with E-state index in [1.165, 1.54) is 6.26 Å². The number of fused-ring (bicyclic) bond motifs is 1. The van der Waals surface area contributed by atoms with Crippen LogP contribution in [0.25, 0.3) is 11.5 Å². The highest BCUT2D eigenvalue weighted by Gasteiger charge is 2.54. The van der Waals surface area contributed by atoms with Crippen molar-refractivity contribution in [3.63, 3.8) is 0 Å². The Kier molecular flexibility index (Phi) is 4.98. The van der Waals surface area contributed by atoms with E-state index in [1.54, 1.807) is 16.7 Å². The highest BCUT2D eigenvalue weighted by Crippen LogP contribution is 2.44. The zero-order chi connectivity index (χ0) is 19.9. The van der Waals surface area contributed by atoms with E-state index in [1.807, 2.05) is 26.2 Å². The number of aromatic nitrogens is 3. The van der Waals surface area contributed by atoms with Crippen molar-refractivity contribution in [1.29, 1.82) is 0 Å². The summed E-state index contributed by atoms with van der Waals surface area (Å²) in [7, 11) is 0.902. The van der Waals surface area contributed by atoms with Crippen LogP contribution in [0.15, 0.2) is 28.9 Å². The van der Waals surface area contributed by atoms with E-state index in [2.05, 4.69) is 25.0 Å². The van der Waals surface area contributed by atoms with Gasteiger partial charge in [-0.15, -0.1) is 10.2 Å². The third-order valence-electron chi connectivity index (χ3n) is 5.63. The number of sulfonamides is 1. The lowest BCUT2D eigenvalue weighted by Crippen LogP contribution is -2.42. The van der Waals surface area contributed by atoms with Crippen molar-refractivity contribution in [2.45, 2.75) is 6.54 Å². The minimum Gasteiger partial charge on any atom is -0.419 e. The summed E-state index contributed by atoms with van der Waals surface area (Å²) in [6.07, 6.45) is 4.70. The molecule has 9 nitrogen and oxygen atoms in total. The summed E-state index contributed by atoms with van der Waals surface area (Å²) in [5.41, 5.74) is 0.728. The molecular weight excluding hydrogens is 380 g/mol. The molecule has 0 N–H and O–H groups in total. The van der Waals surface area contributed by atoms with Crippen molar-refractivity contribution < 1.29 is 12.8 Å². The number of hydrogen-bond donors (Lipinski definition) is 0. The van der Waals surface area contributed by atoms with Crippen LogP contribution in [0.2, 0.25) is 0 Å². The summed E-state index contributed by atoms with van der Waals surface area (Å²) < 4.78 is 31.6. The number of hydrogen-bond acceptors (Lipinski definition) is 8. The monoisotopic (exact) mass is 406 g/mol. The Morgan fingerprint density at radius 2 is 2.11 bits per heavy atom. The van der Waals surface area contributed by atoms with Gasteiger partial charge in [0.2, 0.25) is 21.8 Å². The first-order valence-corrected chi connectivity index (χ1v) is 11.1. The van der Waals surface area contributed by atoms with E-state index in [0.29, 0.717) is 37.3 Å². The molecular formula is C18H26N6O3S. The molecule has 0 amide bonds. The van der Waals surface area contributed by atoms with Gasteiger partial charge in [0, 0.05) is 50.5 Å². The van der Waals surface area contributed by atoms with Crippen LogP contribution >= 0.6 is 0 Å². The molecule has 2 atom stereocenters. The maximum Gasteiger partial charge on any atom is 0.249 e. The molecule has 0 aromatic carbocycles. The van der Waals surface area contributed by atoms with Gasteiger partial charge in [0.1, 0.15) is 0 Å². The molecule has 2 aliphatic rings. The number of nitrogens with zero attached hydrogens (tertiary/aromatic N) is 6. The molecule has 2 fully saturated rings. The quantitative estimate of drug-likeness (QED) is 0.680. The Labute approximate surface area is 165 Å². The largest absolute Gasteiger partial charge is 0.419 e. The topological polar surface area (TPSA) is 95.7 Å². The van der Waals surface area contributed by atoms with Crippen molar-refractivity contribution in [2.75, 3.05) is 53.1 Å². The second-order valence-electron chi connectivity index (χ2n) is 8.26. The zero-order valence-electron chi connectivity index (χ0n) is 16.4. The van der Waals surface area contributed by atoms with Crippen molar-refractivity contribution in [3.05, 3.63) is 30.4 Å². The first kappa shape index (κ1) is 19.4. The summed E-state index contributed by atoms with van der Waals surface area (Å²) in [5, 5.41) is 8.32. The van der Waals surface area contributed by atoms with Crippen LogP contribution in [-0.4, -0.2) is 90.8 Å². The Hall–Kier alpha value is -1.88. The average molecular weight is 407 g/mol. The van der Waals surface area contributed by atoms with Crippen LogP contribution in [0.1, 0.15) is 5.89 Å². The minimum atomic E-state index is -3.17. The standard InChI is InChI=1S/C18H26N6O3S/c1-22(2)11-18-12-23(8-15(18)9-24(13-18)28(3,25)26)10-16-20-21-17(27-16)14-5-4-6-19-7-14/h4-7,15H,8-13H2,1-3H3/t15-,18+/m0/s1. The molecule has 0 aliphatic carbocycles. The molecule has 2 aliphatic heterocycles. The molecule has 4 heterocycles. The average Bonchev–Trinajstić information content (AvgIpc) is 3.27. The highest BCUT2D eigenvalue weighted by atomic mass is 32.2. The fraction of sp³-hybridized carbons (Fsp3) is 0.611. The molecule has 0 spiro atoms. The Bertz CT molecular complexity index is 932. The number of likely N-dealkylation sites (tertiary alicyclic amines) is 1. The zero-order valence-corrected chi connectivity index (χ0v) is 17.3. The summed E-state index contributed by atoms with van der Waals surface area (Å²) in [6, 6.07) is 3.72. The van der Waals surface area contributed by atoms with Crippen LogP contribution in [0, 0.1) is 11.3 Å². The van der Waals surface area contributed by atoms with Gasteiger partial charge < -0.3 is 9.32 Å². The van der Waals surface area contributed by atoms with E-state index in [-0.39, 0.29) is 5.41 Å². The molecule has 0 unspecified atom stereocenters. The maximum absolute atomic E-state index is 12.1. The number of pyridine rings is 1. The first-order chi connectivity index (χ1) is 13.2. The summed E-state index contributed by atoms with van der Waals surface area (Å²) in [5.74, 6) is 1.33. The molecule has 28 heavy (non-hydrogen) atoms. The van der Waals surface area contributed by atoms with Gasteiger partial charge in [0.25, 0.3) is 0 Å². The third-order valence-corrected chi connectivity index (χ3v) is 6.85. The SMILES string of the molecule is CN(C)C[C@]12CN(Cc3nnc(-c4cccnc4)o3)C[C@H]1CN(S(C)(=O)=O)C2. The number of rotatable bonds is 6. The van der Waals surface area contributed by atoms with Gasteiger partial charge in [-0.2, -0.15) is 0 Å². The second-order valence-corrected chi connectivity index (χ2v) is 10.2. The molecule has 2 saturated heterocycles. The lowest BCUT2D eigenvalue weighted by molar-refractivity contribution is 0.175. The fourth-order valence-corrected chi connectivity index (χ4v) is 5.53. The maximum atomic E-state index is 12.1. The van der Waals surface area contributed by atoms with Crippen LogP contribution < -0.4 is 0 Å². The highest BCUT2D eigenvalue weighted by molar-refractivity contribution is 7.88. The predicted octanol–water partition coefficient (Wildman–Crippen LogP) is 0.387. The van der Waals surface area contributed by atoms with Crippen molar-refractivity contribution >= 4 is 10.0 Å². The van der Waals surface area contributed by atoms with E-state index in [4.69, 9.17) is 4.42 Å². The van der Waals surface area contributed by atoms with Gasteiger partial charge in [0.05, 0.1) is 18.4 Å². The van der Waals surface area contributed by atoms with Crippen LogP contribution in [0.3, 0.4) is 0 Å². The molecule has 0 saturated carbocycles. The van der Waals surface area contributed by atoms with Crippen molar-refractivity contribution in [2.24, 2.45) is 11.3 Å². The van der Waals surface area contributed by atoms with Crippen LogP contribution in [0.4, 0.5) is 0 Å². The van der Waals surface area contributed by atoms with Gasteiger partial charge in [-0.3, -0.25) is 9.88 Å². The second kappa shape index (κ2) is 7.18. The predicted molar refractivity (Wildman–Crippen MR) is 104 cm³/mol. The smallest absolute Gasteiger partial charge is 0.249 e. The molecule has 0 bridgehead atoms. The fourth-order valence-electron chi connectivity index (χ4n) is 4.58. The summed E-state index contributed by atoms with van der Waals surface area (Å²) >= 11 is 0. The lowest BCUT2D eigenvalue weighted by Gasteiger charge is -2.32. The molecule has 4 rings (SSSR count). The van der Waals surface area contributed by atoms with Crippen LogP contribution in [0.5, 0.6) is 0 Å². The third kappa shape index (κ3) is 3.82. The summed E-state index contributed by atoms with van der Waals surface area (Å²) in [6.45, 7) is 4.20. The first-order valence-electron chi connectivity index (χ1n) is 9.30.